The molecule has 1 amide bonds. The molecule has 0 spiro atoms. The quantitative estimate of drug-likeness (QED) is 0.543. The molecule has 5 rings (SSSR count). The molecule has 6 nitrogen and oxygen atoms in total. The summed E-state index contributed by atoms with van der Waals surface area (Å²) in [6, 6.07) is 14.4. The third kappa shape index (κ3) is 3.38. The van der Waals surface area contributed by atoms with E-state index >= 15 is 0 Å². The van der Waals surface area contributed by atoms with E-state index in [1.807, 2.05) is 23.1 Å². The van der Waals surface area contributed by atoms with E-state index in [-0.39, 0.29) is 5.91 Å². The van der Waals surface area contributed by atoms with Crippen LogP contribution in [0.25, 0.3) is 22.6 Å². The second-order valence-corrected chi connectivity index (χ2v) is 8.11. The molecule has 0 saturated heterocycles. The molecule has 0 saturated carbocycles. The zero-order chi connectivity index (χ0) is 20.7. The maximum atomic E-state index is 12.7. The number of carbonyl (C=O) groups is 1. The third-order valence-electron chi connectivity index (χ3n) is 6.08. The fourth-order valence-electron chi connectivity index (χ4n) is 4.16. The lowest BCUT2D eigenvalue weighted by atomic mass is 10.0. The van der Waals surface area contributed by atoms with Crippen LogP contribution in [-0.2, 0) is 24.2 Å². The Morgan fingerprint density at radius 3 is 2.77 bits per heavy atom. The van der Waals surface area contributed by atoms with Crippen molar-refractivity contribution >= 4 is 16.9 Å². The Hall–Kier alpha value is -3.41. The Bertz CT molecular complexity index is 1180. The fourth-order valence-corrected chi connectivity index (χ4v) is 4.16. The molecule has 2 aromatic heterocycles. The largest absolute Gasteiger partial charge is 0.337 e. The smallest absolute Gasteiger partial charge is 0.223 e. The summed E-state index contributed by atoms with van der Waals surface area (Å²) >= 11 is 0. The zero-order valence-electron chi connectivity index (χ0n) is 17.3. The highest BCUT2D eigenvalue weighted by Crippen LogP contribution is 2.29. The molecule has 152 valence electrons. The van der Waals surface area contributed by atoms with Crippen molar-refractivity contribution in [3.05, 3.63) is 70.4 Å². The minimum absolute atomic E-state index is 0.184. The van der Waals surface area contributed by atoms with E-state index in [0.717, 1.165) is 46.7 Å². The molecule has 0 aliphatic carbocycles. The van der Waals surface area contributed by atoms with Crippen molar-refractivity contribution in [2.24, 2.45) is 0 Å². The van der Waals surface area contributed by atoms with Crippen molar-refractivity contribution in [3.63, 3.8) is 0 Å². The van der Waals surface area contributed by atoms with Crippen molar-refractivity contribution in [2.75, 3.05) is 6.54 Å². The summed E-state index contributed by atoms with van der Waals surface area (Å²) < 4.78 is 0. The van der Waals surface area contributed by atoms with E-state index in [1.165, 1.54) is 16.7 Å². The average molecular weight is 399 g/mol. The summed E-state index contributed by atoms with van der Waals surface area (Å²) in [4.78, 5) is 22.8. The average Bonchev–Trinajstić information content (AvgIpc) is 3.36. The van der Waals surface area contributed by atoms with Crippen molar-refractivity contribution in [1.82, 2.24) is 25.1 Å². The number of benzene rings is 2. The zero-order valence-corrected chi connectivity index (χ0v) is 17.3. The van der Waals surface area contributed by atoms with Gasteiger partial charge < -0.3 is 9.88 Å². The molecule has 3 heterocycles. The monoisotopic (exact) mass is 399 g/mol. The number of nitrogens with zero attached hydrogens (tertiary/aromatic N) is 3. The second-order valence-electron chi connectivity index (χ2n) is 8.11. The number of rotatable bonds is 4. The molecule has 1 aliphatic heterocycles. The van der Waals surface area contributed by atoms with Gasteiger partial charge in [-0.1, -0.05) is 30.3 Å². The SMILES string of the molecule is Cc1cc2nc(-c3[nH]nc4c3CCN(C(=O)CCc3ccccc3)C4)[nH]c2cc1C. The number of fused-ring (bicyclic) bond motifs is 2. The Morgan fingerprint density at radius 2 is 1.93 bits per heavy atom. The number of imidazole rings is 1. The van der Waals surface area contributed by atoms with Gasteiger partial charge in [0, 0.05) is 18.5 Å². The maximum absolute atomic E-state index is 12.7. The van der Waals surface area contributed by atoms with Crippen LogP contribution in [0.15, 0.2) is 42.5 Å². The van der Waals surface area contributed by atoms with Gasteiger partial charge in [0.15, 0.2) is 5.82 Å². The first-order chi connectivity index (χ1) is 14.6. The van der Waals surface area contributed by atoms with Gasteiger partial charge in [-0.15, -0.1) is 0 Å². The van der Waals surface area contributed by atoms with Gasteiger partial charge >= 0.3 is 0 Å². The number of hydrogen-bond acceptors (Lipinski definition) is 3. The molecule has 1 aliphatic rings. The highest BCUT2D eigenvalue weighted by Gasteiger charge is 2.26. The summed E-state index contributed by atoms with van der Waals surface area (Å²) in [5.41, 5.74) is 8.71. The van der Waals surface area contributed by atoms with Crippen molar-refractivity contribution in [1.29, 1.82) is 0 Å². The predicted molar refractivity (Wildman–Crippen MR) is 117 cm³/mol. The second kappa shape index (κ2) is 7.44. The maximum Gasteiger partial charge on any atom is 0.223 e. The lowest BCUT2D eigenvalue weighted by molar-refractivity contribution is -0.132. The number of H-pyrrole nitrogens is 2. The lowest BCUT2D eigenvalue weighted by Gasteiger charge is -2.26. The van der Waals surface area contributed by atoms with Crippen LogP contribution in [0.1, 0.15) is 34.4 Å². The molecular weight excluding hydrogens is 374 g/mol. The summed E-state index contributed by atoms with van der Waals surface area (Å²) in [5, 5.41) is 7.67. The normalized spacial score (nSPS) is 13.6. The van der Waals surface area contributed by atoms with Gasteiger partial charge in [-0.3, -0.25) is 9.89 Å². The van der Waals surface area contributed by atoms with Gasteiger partial charge in [-0.05, 0) is 55.5 Å². The molecule has 6 heteroatoms. The first-order valence-electron chi connectivity index (χ1n) is 10.4. The first kappa shape index (κ1) is 18.6. The fraction of sp³-hybridized carbons (Fsp3) is 0.292. The minimum atomic E-state index is 0.184. The summed E-state index contributed by atoms with van der Waals surface area (Å²) in [7, 11) is 0. The number of aromatic amines is 2. The topological polar surface area (TPSA) is 77.7 Å². The molecule has 0 bridgehead atoms. The van der Waals surface area contributed by atoms with Gasteiger partial charge in [0.2, 0.25) is 5.91 Å². The van der Waals surface area contributed by atoms with Gasteiger partial charge in [0.1, 0.15) is 5.69 Å². The number of hydrogen-bond donors (Lipinski definition) is 2. The Kier molecular flexibility index (Phi) is 4.62. The number of aryl methyl sites for hydroxylation is 3. The summed E-state index contributed by atoms with van der Waals surface area (Å²) in [6.45, 7) is 5.48. The van der Waals surface area contributed by atoms with Crippen LogP contribution in [0.5, 0.6) is 0 Å². The molecule has 2 N–H and O–H groups in total. The Morgan fingerprint density at radius 1 is 1.13 bits per heavy atom. The molecule has 0 atom stereocenters. The molecule has 0 unspecified atom stereocenters. The Balaban J connectivity index is 1.33. The van der Waals surface area contributed by atoms with Crippen LogP contribution in [-0.4, -0.2) is 37.5 Å². The lowest BCUT2D eigenvalue weighted by Crippen LogP contribution is -2.36. The summed E-state index contributed by atoms with van der Waals surface area (Å²) in [5.74, 6) is 0.997. The van der Waals surface area contributed by atoms with Gasteiger partial charge in [0.25, 0.3) is 0 Å². The number of amides is 1. The van der Waals surface area contributed by atoms with Crippen LogP contribution >= 0.6 is 0 Å². The van der Waals surface area contributed by atoms with E-state index < -0.39 is 0 Å². The standard InChI is InChI=1S/C24H25N5O/c1-15-12-19-20(13-16(15)2)26-24(25-19)23-18-10-11-29(14-21(18)27-28-23)22(30)9-8-17-6-4-3-5-7-17/h3-7,12-13H,8-11,14H2,1-2H3,(H,25,26)(H,27,28). The van der Waals surface area contributed by atoms with Crippen LogP contribution < -0.4 is 0 Å². The molecule has 0 radical (unpaired) electrons. The molecule has 4 aromatic rings. The number of aromatic nitrogens is 4. The summed E-state index contributed by atoms with van der Waals surface area (Å²) in [6.07, 6.45) is 2.08. The van der Waals surface area contributed by atoms with Crippen molar-refractivity contribution in [3.8, 4) is 11.5 Å². The number of carbonyl (C=O) groups excluding carboxylic acids is 1. The first-order valence-corrected chi connectivity index (χ1v) is 10.4. The Labute approximate surface area is 175 Å². The van der Waals surface area contributed by atoms with Crippen molar-refractivity contribution in [2.45, 2.75) is 39.7 Å². The molecular formula is C24H25N5O. The molecule has 0 fully saturated rings. The van der Waals surface area contributed by atoms with E-state index in [9.17, 15) is 4.79 Å². The van der Waals surface area contributed by atoms with Crippen LogP contribution in [0.4, 0.5) is 0 Å². The molecule has 30 heavy (non-hydrogen) atoms. The van der Waals surface area contributed by atoms with Crippen LogP contribution in [0, 0.1) is 13.8 Å². The van der Waals surface area contributed by atoms with E-state index in [2.05, 4.69) is 53.3 Å². The predicted octanol–water partition coefficient (Wildman–Crippen LogP) is 4.09. The van der Waals surface area contributed by atoms with E-state index in [4.69, 9.17) is 4.98 Å². The van der Waals surface area contributed by atoms with Gasteiger partial charge in [0.05, 0.1) is 23.3 Å². The highest BCUT2D eigenvalue weighted by atomic mass is 16.2. The minimum Gasteiger partial charge on any atom is -0.337 e. The van der Waals surface area contributed by atoms with Gasteiger partial charge in [-0.25, -0.2) is 4.98 Å². The van der Waals surface area contributed by atoms with E-state index in [1.54, 1.807) is 0 Å². The van der Waals surface area contributed by atoms with Crippen LogP contribution in [0.2, 0.25) is 0 Å². The van der Waals surface area contributed by atoms with Crippen molar-refractivity contribution < 1.29 is 4.79 Å². The van der Waals surface area contributed by atoms with E-state index in [0.29, 0.717) is 19.5 Å². The highest BCUT2D eigenvalue weighted by molar-refractivity contribution is 5.81. The molecule has 2 aromatic carbocycles. The number of nitrogens with one attached hydrogen (secondary N) is 2. The van der Waals surface area contributed by atoms with Crippen LogP contribution in [0.3, 0.4) is 0 Å². The van der Waals surface area contributed by atoms with Gasteiger partial charge in [-0.2, -0.15) is 5.10 Å². The third-order valence-corrected chi connectivity index (χ3v) is 6.08.